The number of rotatable bonds is 3. The summed E-state index contributed by atoms with van der Waals surface area (Å²) < 4.78 is 5.72. The highest BCUT2D eigenvalue weighted by Gasteiger charge is 2.46. The van der Waals surface area contributed by atoms with Gasteiger partial charge in [0, 0.05) is 45.2 Å². The number of ether oxygens (including phenoxy) is 1. The molecule has 5 heteroatoms. The van der Waals surface area contributed by atoms with E-state index in [9.17, 15) is 4.79 Å². The molecule has 0 atom stereocenters. The molecule has 1 spiro atoms. The molecule has 2 fully saturated rings. The van der Waals surface area contributed by atoms with Gasteiger partial charge >= 0.3 is 5.97 Å². The van der Waals surface area contributed by atoms with Crippen LogP contribution in [0, 0.1) is 11.3 Å². The average Bonchev–Trinajstić information content (AvgIpc) is 2.82. The zero-order valence-electron chi connectivity index (χ0n) is 12.5. The Morgan fingerprint density at radius 3 is 2.57 bits per heavy atom. The van der Waals surface area contributed by atoms with Crippen molar-refractivity contribution < 1.29 is 9.53 Å². The molecule has 1 aliphatic carbocycles. The summed E-state index contributed by atoms with van der Waals surface area (Å²) in [5.41, 5.74) is 0.789. The first-order chi connectivity index (χ1) is 10.2. The predicted octanol–water partition coefficient (Wildman–Crippen LogP) is 1.66. The molecule has 0 amide bonds. The number of hydrogen-bond donors (Lipinski definition) is 0. The Morgan fingerprint density at radius 1 is 1.19 bits per heavy atom. The third-order valence-corrected chi connectivity index (χ3v) is 4.93. The number of nitrogens with zero attached hydrogens (tertiary/aromatic N) is 3. The molecule has 0 aromatic heterocycles. The standard InChI is InChI=1S/C16H23N3O2/c17-7-4-8-18-9-11-19(12-10-18)14-13-15(20)21-16(14)5-2-1-3-6-16/h13H,1-6,8-12H2. The Kier molecular flexibility index (Phi) is 4.16. The molecule has 3 rings (SSSR count). The summed E-state index contributed by atoms with van der Waals surface area (Å²) in [6.07, 6.45) is 7.79. The molecule has 0 aromatic carbocycles. The van der Waals surface area contributed by atoms with Gasteiger partial charge < -0.3 is 9.64 Å². The molecule has 3 aliphatic rings. The molecule has 0 aromatic rings. The van der Waals surface area contributed by atoms with Crippen molar-refractivity contribution in [3.05, 3.63) is 11.8 Å². The highest BCUT2D eigenvalue weighted by atomic mass is 16.6. The highest BCUT2D eigenvalue weighted by Crippen LogP contribution is 2.42. The molecule has 5 nitrogen and oxygen atoms in total. The lowest BCUT2D eigenvalue weighted by Crippen LogP contribution is -2.50. The molecule has 1 saturated carbocycles. The molecular weight excluding hydrogens is 266 g/mol. The molecule has 2 aliphatic heterocycles. The van der Waals surface area contributed by atoms with E-state index in [-0.39, 0.29) is 11.6 Å². The molecule has 114 valence electrons. The van der Waals surface area contributed by atoms with Crippen LogP contribution in [-0.2, 0) is 9.53 Å². The van der Waals surface area contributed by atoms with Gasteiger partial charge in [-0.15, -0.1) is 0 Å². The molecule has 0 N–H and O–H groups in total. The van der Waals surface area contributed by atoms with Gasteiger partial charge in [0.05, 0.1) is 11.8 Å². The molecular formula is C16H23N3O2. The quantitative estimate of drug-likeness (QED) is 0.740. The lowest BCUT2D eigenvalue weighted by molar-refractivity contribution is -0.149. The number of carbonyl (C=O) groups excluding carboxylic acids is 1. The van der Waals surface area contributed by atoms with Crippen molar-refractivity contribution in [3.63, 3.8) is 0 Å². The predicted molar refractivity (Wildman–Crippen MR) is 78.2 cm³/mol. The Hall–Kier alpha value is -1.54. The van der Waals surface area contributed by atoms with Crippen molar-refractivity contribution >= 4 is 5.97 Å². The Bertz CT molecular complexity index is 466. The normalized spacial score (nSPS) is 25.6. The molecule has 0 unspecified atom stereocenters. The van der Waals surface area contributed by atoms with Crippen molar-refractivity contribution in [2.45, 2.75) is 44.1 Å². The van der Waals surface area contributed by atoms with Crippen LogP contribution in [0.3, 0.4) is 0 Å². The van der Waals surface area contributed by atoms with E-state index in [4.69, 9.17) is 10.00 Å². The van der Waals surface area contributed by atoms with Crippen LogP contribution in [0.25, 0.3) is 0 Å². The summed E-state index contributed by atoms with van der Waals surface area (Å²) in [7, 11) is 0. The lowest BCUT2D eigenvalue weighted by atomic mass is 9.82. The fraction of sp³-hybridized carbons (Fsp3) is 0.750. The first-order valence-electron chi connectivity index (χ1n) is 8.03. The summed E-state index contributed by atoms with van der Waals surface area (Å²) in [4.78, 5) is 16.5. The van der Waals surface area contributed by atoms with Crippen molar-refractivity contribution in [2.75, 3.05) is 32.7 Å². The van der Waals surface area contributed by atoms with Gasteiger partial charge in [-0.1, -0.05) is 6.42 Å². The maximum Gasteiger partial charge on any atom is 0.333 e. The largest absolute Gasteiger partial charge is 0.449 e. The van der Waals surface area contributed by atoms with E-state index in [1.165, 1.54) is 6.42 Å². The van der Waals surface area contributed by atoms with E-state index >= 15 is 0 Å². The topological polar surface area (TPSA) is 56.6 Å². The SMILES string of the molecule is N#CCCN1CCN(C2=CC(=O)OC23CCCCC3)CC1. The summed E-state index contributed by atoms with van der Waals surface area (Å²) >= 11 is 0. The van der Waals surface area contributed by atoms with Gasteiger partial charge in [-0.2, -0.15) is 5.26 Å². The zero-order chi connectivity index (χ0) is 14.7. The fourth-order valence-corrected chi connectivity index (χ4v) is 3.80. The molecule has 0 radical (unpaired) electrons. The number of esters is 1. The van der Waals surface area contributed by atoms with Gasteiger partial charge in [-0.25, -0.2) is 4.79 Å². The van der Waals surface area contributed by atoms with Crippen LogP contribution in [-0.4, -0.2) is 54.1 Å². The maximum absolute atomic E-state index is 11.8. The van der Waals surface area contributed by atoms with Crippen LogP contribution >= 0.6 is 0 Å². The minimum Gasteiger partial charge on any atom is -0.449 e. The Labute approximate surface area is 126 Å². The van der Waals surface area contributed by atoms with Crippen LogP contribution in [0.2, 0.25) is 0 Å². The number of piperazine rings is 1. The van der Waals surface area contributed by atoms with Gasteiger partial charge in [-0.05, 0) is 25.7 Å². The van der Waals surface area contributed by atoms with Crippen LogP contribution < -0.4 is 0 Å². The van der Waals surface area contributed by atoms with Gasteiger partial charge in [0.25, 0.3) is 0 Å². The third kappa shape index (κ3) is 2.91. The van der Waals surface area contributed by atoms with E-state index in [1.54, 1.807) is 6.08 Å². The molecule has 1 saturated heterocycles. The first kappa shape index (κ1) is 14.4. The van der Waals surface area contributed by atoms with Gasteiger partial charge in [0.15, 0.2) is 5.60 Å². The van der Waals surface area contributed by atoms with Gasteiger partial charge in [0.1, 0.15) is 0 Å². The van der Waals surface area contributed by atoms with E-state index in [0.29, 0.717) is 6.42 Å². The Balaban J connectivity index is 1.65. The second kappa shape index (κ2) is 6.07. The Morgan fingerprint density at radius 2 is 1.90 bits per heavy atom. The second-order valence-corrected chi connectivity index (χ2v) is 6.24. The van der Waals surface area contributed by atoms with Crippen molar-refractivity contribution in [1.82, 2.24) is 9.80 Å². The van der Waals surface area contributed by atoms with Crippen molar-refractivity contribution in [3.8, 4) is 6.07 Å². The fourth-order valence-electron chi connectivity index (χ4n) is 3.80. The van der Waals surface area contributed by atoms with E-state index in [1.807, 2.05) is 0 Å². The van der Waals surface area contributed by atoms with Gasteiger partial charge in [0.2, 0.25) is 0 Å². The zero-order valence-corrected chi connectivity index (χ0v) is 12.5. The third-order valence-electron chi connectivity index (χ3n) is 4.93. The average molecular weight is 289 g/mol. The van der Waals surface area contributed by atoms with Crippen LogP contribution in [0.1, 0.15) is 38.5 Å². The van der Waals surface area contributed by atoms with Crippen molar-refractivity contribution in [2.24, 2.45) is 0 Å². The number of nitriles is 1. The second-order valence-electron chi connectivity index (χ2n) is 6.24. The molecule has 2 heterocycles. The number of hydrogen-bond acceptors (Lipinski definition) is 5. The van der Waals surface area contributed by atoms with Crippen molar-refractivity contribution in [1.29, 1.82) is 5.26 Å². The van der Waals surface area contributed by atoms with Crippen LogP contribution in [0.4, 0.5) is 0 Å². The molecule has 0 bridgehead atoms. The summed E-state index contributed by atoms with van der Waals surface area (Å²) in [6, 6.07) is 2.20. The monoisotopic (exact) mass is 289 g/mol. The van der Waals surface area contributed by atoms with Crippen LogP contribution in [0.5, 0.6) is 0 Å². The minimum absolute atomic E-state index is 0.168. The highest BCUT2D eigenvalue weighted by molar-refractivity contribution is 5.86. The summed E-state index contributed by atoms with van der Waals surface area (Å²) in [5, 5.41) is 8.67. The van der Waals surface area contributed by atoms with Gasteiger partial charge in [-0.3, -0.25) is 4.90 Å². The minimum atomic E-state index is -0.329. The first-order valence-corrected chi connectivity index (χ1v) is 8.03. The molecule has 21 heavy (non-hydrogen) atoms. The number of carbonyl (C=O) groups is 1. The summed E-state index contributed by atoms with van der Waals surface area (Å²) in [5.74, 6) is -0.168. The maximum atomic E-state index is 11.8. The van der Waals surface area contributed by atoms with Crippen LogP contribution in [0.15, 0.2) is 11.8 Å². The lowest BCUT2D eigenvalue weighted by Gasteiger charge is -2.43. The smallest absolute Gasteiger partial charge is 0.333 e. The van der Waals surface area contributed by atoms with E-state index < -0.39 is 0 Å². The summed E-state index contributed by atoms with van der Waals surface area (Å²) in [6.45, 7) is 4.63. The van der Waals surface area contributed by atoms with E-state index in [2.05, 4.69) is 15.9 Å². The van der Waals surface area contributed by atoms with E-state index in [0.717, 1.165) is 64.1 Å².